The molecule has 32 heavy (non-hydrogen) atoms. The first-order valence-corrected chi connectivity index (χ1v) is 11.5. The number of anilines is 2. The zero-order valence-corrected chi connectivity index (χ0v) is 17.5. The maximum atomic E-state index is 12.9. The number of hydrogen-bond donors (Lipinski definition) is 2. The number of aromatic amines is 1. The molecule has 10 nitrogen and oxygen atoms in total. The van der Waals surface area contributed by atoms with E-state index in [4.69, 9.17) is 0 Å². The summed E-state index contributed by atoms with van der Waals surface area (Å²) in [4.78, 5) is 31.5. The van der Waals surface area contributed by atoms with E-state index in [0.29, 0.717) is 46.6 Å². The number of benzene rings is 2. The third kappa shape index (κ3) is 3.42. The highest BCUT2D eigenvalue weighted by atomic mass is 32.2. The number of carbonyl (C=O) groups is 1. The Labute approximate surface area is 182 Å². The van der Waals surface area contributed by atoms with Crippen molar-refractivity contribution in [3.05, 3.63) is 77.0 Å². The van der Waals surface area contributed by atoms with Crippen molar-refractivity contribution in [2.24, 2.45) is 0 Å². The average Bonchev–Trinajstić information content (AvgIpc) is 3.38. The molecule has 1 aliphatic heterocycles. The van der Waals surface area contributed by atoms with Crippen molar-refractivity contribution in [3.8, 4) is 5.69 Å². The van der Waals surface area contributed by atoms with E-state index in [1.165, 1.54) is 21.5 Å². The summed E-state index contributed by atoms with van der Waals surface area (Å²) in [6.07, 6.45) is 3.31. The maximum Gasteiger partial charge on any atom is 0.261 e. The van der Waals surface area contributed by atoms with Crippen LogP contribution in [0, 0.1) is 0 Å². The number of nitrogens with zero attached hydrogens (tertiary/aromatic N) is 4. The van der Waals surface area contributed by atoms with E-state index in [1.807, 2.05) is 0 Å². The van der Waals surface area contributed by atoms with Crippen molar-refractivity contribution in [3.63, 3.8) is 0 Å². The van der Waals surface area contributed by atoms with E-state index < -0.39 is 10.0 Å². The molecule has 0 radical (unpaired) electrons. The van der Waals surface area contributed by atoms with Gasteiger partial charge in [0, 0.05) is 12.1 Å². The van der Waals surface area contributed by atoms with Crippen molar-refractivity contribution in [2.75, 3.05) is 21.9 Å². The van der Waals surface area contributed by atoms with Gasteiger partial charge < -0.3 is 10.3 Å². The Balaban J connectivity index is 1.43. The van der Waals surface area contributed by atoms with Crippen molar-refractivity contribution in [2.45, 2.75) is 6.42 Å². The van der Waals surface area contributed by atoms with Crippen LogP contribution in [0.1, 0.15) is 16.8 Å². The number of nitrogens with one attached hydrogen (secondary N) is 2. The highest BCUT2D eigenvalue weighted by Crippen LogP contribution is 2.26. The molecule has 1 fully saturated rings. The van der Waals surface area contributed by atoms with Gasteiger partial charge in [0.25, 0.3) is 11.5 Å². The second-order valence-electron chi connectivity index (χ2n) is 7.29. The third-order valence-corrected chi connectivity index (χ3v) is 7.14. The molecule has 11 heteroatoms. The lowest BCUT2D eigenvalue weighted by Crippen LogP contribution is -2.25. The molecule has 1 amide bonds. The van der Waals surface area contributed by atoms with Gasteiger partial charge in [-0.15, -0.1) is 0 Å². The molecule has 0 spiro atoms. The predicted octanol–water partition coefficient (Wildman–Crippen LogP) is 1.90. The molecule has 0 saturated carbocycles. The number of amides is 1. The van der Waals surface area contributed by atoms with E-state index in [1.54, 1.807) is 48.5 Å². The van der Waals surface area contributed by atoms with Crippen LogP contribution < -0.4 is 15.2 Å². The lowest BCUT2D eigenvalue weighted by molar-refractivity contribution is 0.102. The zero-order valence-electron chi connectivity index (χ0n) is 16.7. The molecular weight excluding hydrogens is 432 g/mol. The summed E-state index contributed by atoms with van der Waals surface area (Å²) in [5, 5.41) is 7.45. The molecule has 0 bridgehead atoms. The number of aromatic nitrogens is 4. The lowest BCUT2D eigenvalue weighted by Gasteiger charge is -2.17. The maximum absolute atomic E-state index is 12.9. The second kappa shape index (κ2) is 7.61. The lowest BCUT2D eigenvalue weighted by atomic mass is 10.1. The summed E-state index contributed by atoms with van der Waals surface area (Å²) in [6.45, 7) is 0.440. The number of H-pyrrole nitrogens is 1. The SMILES string of the molecule is O=C(Nc1ccccc1-n1ncc2c(=O)[nH]cnc21)c1ccc(N2CCCS2(=O)=O)cc1. The van der Waals surface area contributed by atoms with Crippen LogP contribution in [0.3, 0.4) is 0 Å². The van der Waals surface area contributed by atoms with Gasteiger partial charge >= 0.3 is 0 Å². The number of hydrogen-bond acceptors (Lipinski definition) is 6. The fourth-order valence-corrected chi connectivity index (χ4v) is 5.26. The predicted molar refractivity (Wildman–Crippen MR) is 120 cm³/mol. The minimum Gasteiger partial charge on any atom is -0.320 e. The molecular formula is C21H18N6O4S. The molecule has 2 aromatic carbocycles. The number of fused-ring (bicyclic) bond motifs is 1. The molecule has 2 aromatic heterocycles. The van der Waals surface area contributed by atoms with Crippen LogP contribution in [0.2, 0.25) is 0 Å². The summed E-state index contributed by atoms with van der Waals surface area (Å²) < 4.78 is 27.0. The monoisotopic (exact) mass is 450 g/mol. The number of carbonyl (C=O) groups excluding carboxylic acids is 1. The first kappa shape index (κ1) is 19.9. The summed E-state index contributed by atoms with van der Waals surface area (Å²) in [7, 11) is -3.28. The average molecular weight is 450 g/mol. The van der Waals surface area contributed by atoms with Gasteiger partial charge in [0.15, 0.2) is 5.65 Å². The van der Waals surface area contributed by atoms with Gasteiger partial charge in [-0.3, -0.25) is 13.9 Å². The normalized spacial score (nSPS) is 15.2. The van der Waals surface area contributed by atoms with Gasteiger partial charge in [0.1, 0.15) is 5.39 Å². The Kier molecular flexibility index (Phi) is 4.74. The van der Waals surface area contributed by atoms with Gasteiger partial charge in [0.2, 0.25) is 10.0 Å². The van der Waals surface area contributed by atoms with E-state index in [-0.39, 0.29) is 17.2 Å². The van der Waals surface area contributed by atoms with Crippen molar-refractivity contribution in [1.29, 1.82) is 0 Å². The standard InChI is InChI=1S/C21H18N6O4S/c28-20(14-6-8-15(9-7-14)26-10-3-11-32(26,30)31)25-17-4-1-2-5-18(17)27-19-16(12-24-27)21(29)23-13-22-19/h1-2,4-9,12-13H,3,10-11H2,(H,25,28)(H,22,23,29). The Bertz CT molecular complexity index is 1490. The van der Waals surface area contributed by atoms with E-state index >= 15 is 0 Å². The van der Waals surface area contributed by atoms with Crippen LogP contribution in [0.5, 0.6) is 0 Å². The van der Waals surface area contributed by atoms with Crippen LogP contribution in [-0.2, 0) is 10.0 Å². The molecule has 3 heterocycles. The highest BCUT2D eigenvalue weighted by Gasteiger charge is 2.28. The van der Waals surface area contributed by atoms with Crippen LogP contribution in [0.4, 0.5) is 11.4 Å². The Morgan fingerprint density at radius 2 is 1.88 bits per heavy atom. The quantitative estimate of drug-likeness (QED) is 0.488. The van der Waals surface area contributed by atoms with Gasteiger partial charge in [-0.25, -0.2) is 18.1 Å². The van der Waals surface area contributed by atoms with Crippen molar-refractivity contribution < 1.29 is 13.2 Å². The molecule has 1 saturated heterocycles. The largest absolute Gasteiger partial charge is 0.320 e. The topological polar surface area (TPSA) is 130 Å². The highest BCUT2D eigenvalue weighted by molar-refractivity contribution is 7.93. The number of para-hydroxylation sites is 2. The Hall–Kier alpha value is -3.99. The van der Waals surface area contributed by atoms with Crippen LogP contribution >= 0.6 is 0 Å². The van der Waals surface area contributed by atoms with E-state index in [0.717, 1.165) is 0 Å². The van der Waals surface area contributed by atoms with Crippen LogP contribution in [-0.4, -0.2) is 46.4 Å². The third-order valence-electron chi connectivity index (χ3n) is 5.27. The molecule has 0 atom stereocenters. The van der Waals surface area contributed by atoms with Crippen molar-refractivity contribution >= 4 is 38.3 Å². The summed E-state index contributed by atoms with van der Waals surface area (Å²) in [5.41, 5.74) is 2.01. The Morgan fingerprint density at radius 3 is 2.62 bits per heavy atom. The zero-order chi connectivity index (χ0) is 22.3. The molecule has 5 rings (SSSR count). The van der Waals surface area contributed by atoms with Gasteiger partial charge in [-0.1, -0.05) is 12.1 Å². The summed E-state index contributed by atoms with van der Waals surface area (Å²) in [6, 6.07) is 13.5. The van der Waals surface area contributed by atoms with Gasteiger partial charge in [-0.2, -0.15) is 5.10 Å². The van der Waals surface area contributed by atoms with Crippen molar-refractivity contribution in [1.82, 2.24) is 19.7 Å². The summed E-state index contributed by atoms with van der Waals surface area (Å²) in [5.74, 6) is -0.231. The summed E-state index contributed by atoms with van der Waals surface area (Å²) >= 11 is 0. The smallest absolute Gasteiger partial charge is 0.261 e. The molecule has 1 aliphatic rings. The van der Waals surface area contributed by atoms with Crippen LogP contribution in [0.25, 0.3) is 16.7 Å². The molecule has 0 aliphatic carbocycles. The van der Waals surface area contributed by atoms with E-state index in [9.17, 15) is 18.0 Å². The first-order valence-electron chi connectivity index (χ1n) is 9.87. The number of sulfonamides is 1. The van der Waals surface area contributed by atoms with Crippen LogP contribution in [0.15, 0.2) is 65.8 Å². The fourth-order valence-electron chi connectivity index (χ4n) is 3.70. The second-order valence-corrected chi connectivity index (χ2v) is 9.30. The Morgan fingerprint density at radius 1 is 1.09 bits per heavy atom. The van der Waals surface area contributed by atoms with Gasteiger partial charge in [0.05, 0.1) is 35.3 Å². The molecule has 2 N–H and O–H groups in total. The molecule has 162 valence electrons. The fraction of sp³-hybridized carbons (Fsp3) is 0.143. The van der Waals surface area contributed by atoms with Gasteiger partial charge in [-0.05, 0) is 42.8 Å². The van der Waals surface area contributed by atoms with E-state index in [2.05, 4.69) is 20.4 Å². The number of rotatable bonds is 4. The minimum absolute atomic E-state index is 0.134. The molecule has 0 unspecified atom stereocenters. The molecule has 4 aromatic rings. The first-order chi connectivity index (χ1) is 15.4. The minimum atomic E-state index is -3.28.